The monoisotopic (exact) mass is 482 g/mol. The first-order chi connectivity index (χ1) is 17.1. The van der Waals surface area contributed by atoms with Crippen molar-refractivity contribution in [2.75, 3.05) is 48.1 Å². The number of quaternary nitrogens is 2. The molecule has 3 heterocycles. The zero-order valence-electron chi connectivity index (χ0n) is 22.0. The van der Waals surface area contributed by atoms with Gasteiger partial charge in [0, 0.05) is 42.7 Å². The van der Waals surface area contributed by atoms with Gasteiger partial charge in [0.05, 0.1) is 48.1 Å². The van der Waals surface area contributed by atoms with Crippen LogP contribution in [0.2, 0.25) is 0 Å². The quantitative estimate of drug-likeness (QED) is 0.637. The molecule has 0 bridgehead atoms. The highest BCUT2D eigenvalue weighted by Gasteiger charge is 2.43. The maximum Gasteiger partial charge on any atom is 0.161 e. The van der Waals surface area contributed by atoms with E-state index in [2.05, 4.69) is 36.5 Å². The van der Waals surface area contributed by atoms with E-state index in [1.54, 1.807) is 33.3 Å². The molecular formula is C29H42N2O4+2. The van der Waals surface area contributed by atoms with Crippen LogP contribution in [0.15, 0.2) is 24.3 Å². The molecule has 0 spiro atoms. The highest BCUT2D eigenvalue weighted by atomic mass is 16.5. The van der Waals surface area contributed by atoms with E-state index in [0.717, 1.165) is 48.3 Å². The predicted molar refractivity (Wildman–Crippen MR) is 136 cm³/mol. The number of hydrogen-bond acceptors (Lipinski definition) is 4. The third kappa shape index (κ3) is 4.47. The Bertz CT molecular complexity index is 1050. The van der Waals surface area contributed by atoms with E-state index in [4.69, 9.17) is 18.9 Å². The summed E-state index contributed by atoms with van der Waals surface area (Å²) in [6.45, 7) is 6.00. The molecule has 6 nitrogen and oxygen atoms in total. The van der Waals surface area contributed by atoms with Gasteiger partial charge in [0.25, 0.3) is 0 Å². The van der Waals surface area contributed by atoms with Crippen LogP contribution in [0.25, 0.3) is 0 Å². The lowest BCUT2D eigenvalue weighted by Crippen LogP contribution is -3.15. The fourth-order valence-electron chi connectivity index (χ4n) is 7.08. The average Bonchev–Trinajstić information content (AvgIpc) is 2.91. The molecule has 0 saturated carbocycles. The van der Waals surface area contributed by atoms with Gasteiger partial charge in [0.1, 0.15) is 12.1 Å². The topological polar surface area (TPSA) is 58.0 Å². The second-order valence-electron chi connectivity index (χ2n) is 10.5. The molecule has 35 heavy (non-hydrogen) atoms. The van der Waals surface area contributed by atoms with Crippen molar-refractivity contribution in [3.63, 3.8) is 0 Å². The highest BCUT2D eigenvalue weighted by Crippen LogP contribution is 2.42. The van der Waals surface area contributed by atoms with Crippen molar-refractivity contribution < 1.29 is 29.2 Å². The van der Waals surface area contributed by atoms with Crippen LogP contribution >= 0.6 is 0 Å². The summed E-state index contributed by atoms with van der Waals surface area (Å²) in [6.07, 6.45) is 5.92. The zero-order valence-corrected chi connectivity index (χ0v) is 22.0. The van der Waals surface area contributed by atoms with Gasteiger partial charge in [-0.3, -0.25) is 0 Å². The van der Waals surface area contributed by atoms with Crippen LogP contribution < -0.4 is 29.2 Å². The Kier molecular flexibility index (Phi) is 7.12. The van der Waals surface area contributed by atoms with Crippen molar-refractivity contribution in [1.82, 2.24) is 0 Å². The third-order valence-corrected chi connectivity index (χ3v) is 8.95. The first-order valence-corrected chi connectivity index (χ1v) is 13.3. The Hall–Kier alpha value is -2.44. The van der Waals surface area contributed by atoms with Gasteiger partial charge in [-0.1, -0.05) is 6.92 Å². The van der Waals surface area contributed by atoms with E-state index in [0.29, 0.717) is 18.0 Å². The Morgan fingerprint density at radius 3 is 2.03 bits per heavy atom. The molecule has 2 aromatic carbocycles. The number of piperidine rings is 1. The fraction of sp³-hybridized carbons (Fsp3) is 0.586. The van der Waals surface area contributed by atoms with Crippen LogP contribution in [0.5, 0.6) is 23.0 Å². The molecule has 0 aliphatic carbocycles. The molecule has 0 aromatic heterocycles. The molecule has 0 radical (unpaired) electrons. The van der Waals surface area contributed by atoms with E-state index < -0.39 is 0 Å². The molecule has 3 aliphatic heterocycles. The number of benzene rings is 2. The maximum absolute atomic E-state index is 5.69. The summed E-state index contributed by atoms with van der Waals surface area (Å²) in [5, 5.41) is 2.56. The number of methoxy groups -OCH3 is 4. The average molecular weight is 483 g/mol. The van der Waals surface area contributed by atoms with E-state index in [1.807, 2.05) is 0 Å². The van der Waals surface area contributed by atoms with E-state index >= 15 is 0 Å². The van der Waals surface area contributed by atoms with Crippen LogP contribution in [0.1, 0.15) is 60.5 Å². The first-order valence-electron chi connectivity index (χ1n) is 13.3. The Morgan fingerprint density at radius 2 is 1.40 bits per heavy atom. The Morgan fingerprint density at radius 1 is 0.800 bits per heavy atom. The molecule has 5 rings (SSSR count). The number of fused-ring (bicyclic) bond motifs is 4. The third-order valence-electron chi connectivity index (χ3n) is 8.95. The molecule has 1 saturated heterocycles. The number of ether oxygens (including phenoxy) is 4. The lowest BCUT2D eigenvalue weighted by Gasteiger charge is -2.45. The fourth-order valence-corrected chi connectivity index (χ4v) is 7.08. The summed E-state index contributed by atoms with van der Waals surface area (Å²) in [5.74, 6) is 4.87. The van der Waals surface area contributed by atoms with Crippen LogP contribution in [0.4, 0.5) is 0 Å². The summed E-state index contributed by atoms with van der Waals surface area (Å²) in [6, 6.07) is 9.95. The zero-order chi connectivity index (χ0) is 24.5. The molecule has 5 atom stereocenters. The smallest absolute Gasteiger partial charge is 0.161 e. The van der Waals surface area contributed by atoms with E-state index in [9.17, 15) is 0 Å². The van der Waals surface area contributed by atoms with Gasteiger partial charge in [-0.05, 0) is 47.7 Å². The first kappa shape index (κ1) is 24.3. The van der Waals surface area contributed by atoms with Gasteiger partial charge in [0.15, 0.2) is 23.0 Å². The summed E-state index contributed by atoms with van der Waals surface area (Å²) in [4.78, 5) is 1.76. The molecule has 3 N–H and O–H groups in total. The van der Waals surface area contributed by atoms with Crippen LogP contribution in [-0.4, -0.2) is 48.1 Å². The number of nitrogens with two attached hydrogens (primary N) is 1. The lowest BCUT2D eigenvalue weighted by molar-refractivity contribution is -0.944. The second kappa shape index (κ2) is 10.3. The van der Waals surface area contributed by atoms with Crippen molar-refractivity contribution in [2.45, 2.75) is 51.1 Å². The lowest BCUT2D eigenvalue weighted by atomic mass is 9.72. The molecule has 3 aliphatic rings. The maximum atomic E-state index is 5.69. The molecular weight excluding hydrogens is 440 g/mol. The van der Waals surface area contributed by atoms with Crippen molar-refractivity contribution in [1.29, 1.82) is 0 Å². The SMILES string of the molecule is CC[C@@H]1C[NH+]2CCc3cc(OC)c(OC)cc3[C@H]2C[C@H]1C[C@@H]1[NH2+]CCc2cc(OC)c(OC)cc21. The highest BCUT2D eigenvalue weighted by molar-refractivity contribution is 5.50. The summed E-state index contributed by atoms with van der Waals surface area (Å²) >= 11 is 0. The molecule has 1 unspecified atom stereocenters. The van der Waals surface area contributed by atoms with Crippen molar-refractivity contribution >= 4 is 0 Å². The molecule has 190 valence electrons. The van der Waals surface area contributed by atoms with E-state index in [1.165, 1.54) is 54.6 Å². The van der Waals surface area contributed by atoms with Gasteiger partial charge >= 0.3 is 0 Å². The molecule has 2 aromatic rings. The van der Waals surface area contributed by atoms with Crippen molar-refractivity contribution in [3.05, 3.63) is 46.5 Å². The summed E-state index contributed by atoms with van der Waals surface area (Å²) < 4.78 is 22.6. The number of rotatable bonds is 7. The normalized spacial score (nSPS) is 27.3. The Labute approximate surface area is 209 Å². The van der Waals surface area contributed by atoms with Gasteiger partial charge in [-0.2, -0.15) is 0 Å². The minimum atomic E-state index is 0.479. The minimum Gasteiger partial charge on any atom is -0.493 e. The minimum absolute atomic E-state index is 0.479. The number of hydrogen-bond donors (Lipinski definition) is 2. The predicted octanol–water partition coefficient (Wildman–Crippen LogP) is 2.50. The van der Waals surface area contributed by atoms with E-state index in [-0.39, 0.29) is 0 Å². The van der Waals surface area contributed by atoms with Crippen LogP contribution in [-0.2, 0) is 12.8 Å². The summed E-state index contributed by atoms with van der Waals surface area (Å²) in [5.41, 5.74) is 5.78. The van der Waals surface area contributed by atoms with Crippen LogP contribution in [0.3, 0.4) is 0 Å². The van der Waals surface area contributed by atoms with Crippen molar-refractivity contribution in [2.24, 2.45) is 11.8 Å². The second-order valence-corrected chi connectivity index (χ2v) is 10.5. The number of nitrogens with one attached hydrogen (secondary N) is 1. The molecule has 6 heteroatoms. The molecule has 1 fully saturated rings. The van der Waals surface area contributed by atoms with Gasteiger partial charge in [0.2, 0.25) is 0 Å². The Balaban J connectivity index is 1.43. The standard InChI is InChI=1S/C29H40N2O4/c1-6-18-17-31-10-8-20-14-27(33-3)29(35-5)16-23(20)25(31)12-21(18)11-24-22-15-28(34-4)26(32-2)13-19(22)7-9-30-24/h13-16,18,21,24-25,30H,6-12,17H2,1-5H3/p+2/t18-,21-,24+,25-/m1/s1. The van der Waals surface area contributed by atoms with Crippen LogP contribution in [0, 0.1) is 11.8 Å². The molecule has 0 amide bonds. The van der Waals surface area contributed by atoms with Gasteiger partial charge < -0.3 is 29.2 Å². The summed E-state index contributed by atoms with van der Waals surface area (Å²) in [7, 11) is 6.94. The largest absolute Gasteiger partial charge is 0.493 e. The van der Waals surface area contributed by atoms with Gasteiger partial charge in [-0.15, -0.1) is 0 Å². The van der Waals surface area contributed by atoms with Crippen molar-refractivity contribution in [3.8, 4) is 23.0 Å². The van der Waals surface area contributed by atoms with Gasteiger partial charge in [-0.25, -0.2) is 0 Å².